The monoisotopic (exact) mass is 266 g/mol. The van der Waals surface area contributed by atoms with E-state index in [1.165, 1.54) is 13.2 Å². The molecule has 0 spiro atoms. The van der Waals surface area contributed by atoms with Gasteiger partial charge in [-0.25, -0.2) is 9.18 Å². The Balaban J connectivity index is 2.20. The van der Waals surface area contributed by atoms with Crippen molar-refractivity contribution in [2.75, 3.05) is 19.0 Å². The van der Waals surface area contributed by atoms with E-state index in [0.717, 1.165) is 31.5 Å². The predicted molar refractivity (Wildman–Crippen MR) is 67.4 cm³/mol. The summed E-state index contributed by atoms with van der Waals surface area (Å²) in [6, 6.07) is 3.25. The minimum absolute atomic E-state index is 0.130. The molecule has 1 aromatic rings. The van der Waals surface area contributed by atoms with Gasteiger partial charge in [0.1, 0.15) is 5.82 Å². The zero-order valence-electron chi connectivity index (χ0n) is 10.5. The first-order valence-corrected chi connectivity index (χ1v) is 6.04. The maximum Gasteiger partial charge on any atom is 0.339 e. The summed E-state index contributed by atoms with van der Waals surface area (Å²) >= 11 is 0. The molecule has 0 aromatic heterocycles. The van der Waals surface area contributed by atoms with Crippen molar-refractivity contribution < 1.29 is 18.7 Å². The Bertz CT molecular complexity index is 499. The summed E-state index contributed by atoms with van der Waals surface area (Å²) in [7, 11) is 1.23. The van der Waals surface area contributed by atoms with E-state index in [1.54, 1.807) is 0 Å². The number of nitrogens with one attached hydrogen (secondary N) is 2. The van der Waals surface area contributed by atoms with E-state index in [-0.39, 0.29) is 23.2 Å². The second kappa shape index (κ2) is 5.79. The van der Waals surface area contributed by atoms with Crippen LogP contribution in [-0.2, 0) is 9.53 Å². The number of amides is 1. The van der Waals surface area contributed by atoms with E-state index >= 15 is 0 Å². The van der Waals surface area contributed by atoms with Crippen molar-refractivity contribution in [1.29, 1.82) is 0 Å². The molecule has 1 atom stereocenters. The fraction of sp³-hybridized carbons (Fsp3) is 0.385. The van der Waals surface area contributed by atoms with Crippen LogP contribution in [0.4, 0.5) is 10.1 Å². The van der Waals surface area contributed by atoms with Crippen molar-refractivity contribution in [1.82, 2.24) is 5.32 Å². The molecule has 0 aliphatic carbocycles. The lowest BCUT2D eigenvalue weighted by Gasteiger charge is -2.13. The van der Waals surface area contributed by atoms with Crippen molar-refractivity contribution >= 4 is 17.6 Å². The van der Waals surface area contributed by atoms with E-state index in [2.05, 4.69) is 15.4 Å². The third kappa shape index (κ3) is 3.08. The molecule has 2 rings (SSSR count). The molecule has 5 nitrogen and oxygen atoms in total. The van der Waals surface area contributed by atoms with E-state index < -0.39 is 11.8 Å². The highest BCUT2D eigenvalue weighted by Crippen LogP contribution is 2.19. The number of halogens is 1. The minimum atomic E-state index is -0.616. The fourth-order valence-corrected chi connectivity index (χ4v) is 2.04. The number of carbonyl (C=O) groups is 2. The Kier molecular flexibility index (Phi) is 4.11. The third-order valence-corrected chi connectivity index (χ3v) is 3.02. The topological polar surface area (TPSA) is 67.4 Å². The third-order valence-electron chi connectivity index (χ3n) is 3.02. The molecular weight excluding hydrogens is 251 g/mol. The molecule has 0 radical (unpaired) electrons. The van der Waals surface area contributed by atoms with Crippen LogP contribution < -0.4 is 10.6 Å². The van der Waals surface area contributed by atoms with Crippen molar-refractivity contribution in [3.63, 3.8) is 0 Å². The zero-order chi connectivity index (χ0) is 13.8. The standard InChI is InChI=1S/C13H15FN2O3/c1-19-13(18)9-5-4-8(14)7-11(9)16-12(17)10-3-2-6-15-10/h4-5,7,10,15H,2-3,6H2,1H3,(H,16,17)/t10-/m1/s1. The lowest BCUT2D eigenvalue weighted by Crippen LogP contribution is -2.35. The van der Waals surface area contributed by atoms with Crippen LogP contribution in [0.5, 0.6) is 0 Å². The molecule has 1 saturated heterocycles. The molecule has 0 saturated carbocycles. The van der Waals surface area contributed by atoms with Gasteiger partial charge in [-0.2, -0.15) is 0 Å². The highest BCUT2D eigenvalue weighted by Gasteiger charge is 2.23. The summed E-state index contributed by atoms with van der Waals surface area (Å²) in [6.07, 6.45) is 1.65. The highest BCUT2D eigenvalue weighted by atomic mass is 19.1. The van der Waals surface area contributed by atoms with Gasteiger partial charge in [-0.15, -0.1) is 0 Å². The summed E-state index contributed by atoms with van der Waals surface area (Å²) in [5.74, 6) is -1.41. The second-order valence-corrected chi connectivity index (χ2v) is 4.32. The Morgan fingerprint density at radius 3 is 2.89 bits per heavy atom. The van der Waals surface area contributed by atoms with Gasteiger partial charge < -0.3 is 15.4 Å². The predicted octanol–water partition coefficient (Wildman–Crippen LogP) is 1.30. The molecule has 102 valence electrons. The first-order valence-electron chi connectivity index (χ1n) is 6.04. The molecule has 1 aliphatic heterocycles. The Morgan fingerprint density at radius 1 is 1.47 bits per heavy atom. The number of ether oxygens (including phenoxy) is 1. The smallest absolute Gasteiger partial charge is 0.339 e. The maximum absolute atomic E-state index is 13.2. The summed E-state index contributed by atoms with van der Waals surface area (Å²) < 4.78 is 17.8. The van der Waals surface area contributed by atoms with E-state index in [0.29, 0.717) is 0 Å². The first kappa shape index (κ1) is 13.5. The molecule has 1 fully saturated rings. The van der Waals surface area contributed by atoms with Crippen LogP contribution in [-0.4, -0.2) is 31.6 Å². The lowest BCUT2D eigenvalue weighted by molar-refractivity contribution is -0.117. The van der Waals surface area contributed by atoms with Gasteiger partial charge in [0.05, 0.1) is 24.4 Å². The molecule has 1 heterocycles. The Morgan fingerprint density at radius 2 is 2.26 bits per heavy atom. The average Bonchev–Trinajstić information content (AvgIpc) is 2.92. The van der Waals surface area contributed by atoms with Gasteiger partial charge >= 0.3 is 5.97 Å². The van der Waals surface area contributed by atoms with Gasteiger partial charge in [0.2, 0.25) is 5.91 Å². The molecule has 1 aromatic carbocycles. The fourth-order valence-electron chi connectivity index (χ4n) is 2.04. The SMILES string of the molecule is COC(=O)c1ccc(F)cc1NC(=O)[C@H]1CCCN1. The number of esters is 1. The average molecular weight is 266 g/mol. The van der Waals surface area contributed by atoms with E-state index in [1.807, 2.05) is 0 Å². The molecule has 1 aliphatic rings. The Hall–Kier alpha value is -1.95. The van der Waals surface area contributed by atoms with Crippen LogP contribution in [0.25, 0.3) is 0 Å². The van der Waals surface area contributed by atoms with Crippen LogP contribution >= 0.6 is 0 Å². The summed E-state index contributed by atoms with van der Waals surface area (Å²) in [5, 5.41) is 5.60. The minimum Gasteiger partial charge on any atom is -0.465 e. The van der Waals surface area contributed by atoms with Crippen LogP contribution in [0.15, 0.2) is 18.2 Å². The van der Waals surface area contributed by atoms with Gasteiger partial charge in [-0.1, -0.05) is 0 Å². The summed E-state index contributed by atoms with van der Waals surface area (Å²) in [5.41, 5.74) is 0.265. The van der Waals surface area contributed by atoms with Gasteiger partial charge in [-0.05, 0) is 37.6 Å². The molecule has 2 N–H and O–H groups in total. The maximum atomic E-state index is 13.2. The highest BCUT2D eigenvalue weighted by molar-refractivity contribution is 6.02. The van der Waals surface area contributed by atoms with Gasteiger partial charge in [-0.3, -0.25) is 4.79 Å². The number of hydrogen-bond donors (Lipinski definition) is 2. The molecule has 0 bridgehead atoms. The number of carbonyl (C=O) groups excluding carboxylic acids is 2. The summed E-state index contributed by atoms with van der Waals surface area (Å²) in [6.45, 7) is 0.783. The number of anilines is 1. The van der Waals surface area contributed by atoms with Crippen molar-refractivity contribution in [2.24, 2.45) is 0 Å². The van der Waals surface area contributed by atoms with Gasteiger partial charge in [0.25, 0.3) is 0 Å². The van der Waals surface area contributed by atoms with E-state index in [4.69, 9.17) is 0 Å². The van der Waals surface area contributed by atoms with Crippen molar-refractivity contribution in [2.45, 2.75) is 18.9 Å². The molecular formula is C13H15FN2O3. The summed E-state index contributed by atoms with van der Waals surface area (Å²) in [4.78, 5) is 23.5. The normalized spacial score (nSPS) is 18.1. The molecule has 19 heavy (non-hydrogen) atoms. The lowest BCUT2D eigenvalue weighted by atomic mass is 10.1. The second-order valence-electron chi connectivity index (χ2n) is 4.32. The van der Waals surface area contributed by atoms with Gasteiger partial charge in [0.15, 0.2) is 0 Å². The number of rotatable bonds is 3. The van der Waals surface area contributed by atoms with Crippen LogP contribution in [0.2, 0.25) is 0 Å². The van der Waals surface area contributed by atoms with E-state index in [9.17, 15) is 14.0 Å². The Labute approximate surface area is 110 Å². The molecule has 1 amide bonds. The molecule has 6 heteroatoms. The number of methoxy groups -OCH3 is 1. The molecule has 0 unspecified atom stereocenters. The van der Waals surface area contributed by atoms with Crippen LogP contribution in [0.1, 0.15) is 23.2 Å². The van der Waals surface area contributed by atoms with Gasteiger partial charge in [0, 0.05) is 0 Å². The zero-order valence-corrected chi connectivity index (χ0v) is 10.5. The van der Waals surface area contributed by atoms with Crippen molar-refractivity contribution in [3.8, 4) is 0 Å². The van der Waals surface area contributed by atoms with Crippen molar-refractivity contribution in [3.05, 3.63) is 29.6 Å². The number of hydrogen-bond acceptors (Lipinski definition) is 4. The van der Waals surface area contributed by atoms with Crippen LogP contribution in [0, 0.1) is 5.82 Å². The first-order chi connectivity index (χ1) is 9.11. The van der Waals surface area contributed by atoms with Crippen LogP contribution in [0.3, 0.4) is 0 Å². The largest absolute Gasteiger partial charge is 0.465 e. The number of benzene rings is 1. The quantitative estimate of drug-likeness (QED) is 0.809.